The van der Waals surface area contributed by atoms with Crippen LogP contribution >= 0.6 is 0 Å². The molecule has 5 rings (SSSR count). The summed E-state index contributed by atoms with van der Waals surface area (Å²) in [6.45, 7) is 6.72. The molecule has 4 N–H and O–H groups in total. The number of aliphatic hydroxyl groups excluding tert-OH is 1. The SMILES string of the molecule is C[C@]12CCC(O)CC1CC[C@@H]1[C@H]2CC[C@]2(C)C(CC/C=N\NC3=NCCCN3)CC[C@@]12O. The first-order valence-corrected chi connectivity index (χ1v) is 13.3. The number of nitrogens with one attached hydrogen (secondary N) is 2. The van der Waals surface area contributed by atoms with E-state index in [1.54, 1.807) is 0 Å². The molecular formula is C26H44N4O2. The van der Waals surface area contributed by atoms with Crippen molar-refractivity contribution in [3.05, 3.63) is 0 Å². The van der Waals surface area contributed by atoms with E-state index in [1.165, 1.54) is 12.8 Å². The van der Waals surface area contributed by atoms with Crippen LogP contribution in [0.15, 0.2) is 10.1 Å². The van der Waals surface area contributed by atoms with Gasteiger partial charge >= 0.3 is 0 Å². The Kier molecular flexibility index (Phi) is 6.07. The normalized spacial score (nSPS) is 48.4. The summed E-state index contributed by atoms with van der Waals surface area (Å²) in [6, 6.07) is 0. The number of aliphatic imine (C=N–C) groups is 1. The molecule has 0 amide bonds. The number of nitrogens with zero attached hydrogens (tertiary/aromatic N) is 2. The lowest BCUT2D eigenvalue weighted by atomic mass is 9.43. The zero-order valence-corrected chi connectivity index (χ0v) is 20.2. The van der Waals surface area contributed by atoms with Gasteiger partial charge in [0, 0.05) is 19.3 Å². The molecule has 0 bridgehead atoms. The largest absolute Gasteiger partial charge is 0.393 e. The molecule has 1 heterocycles. The van der Waals surface area contributed by atoms with Crippen LogP contribution in [0.3, 0.4) is 0 Å². The van der Waals surface area contributed by atoms with Gasteiger partial charge in [0.25, 0.3) is 0 Å². The van der Waals surface area contributed by atoms with E-state index in [1.807, 2.05) is 6.21 Å². The van der Waals surface area contributed by atoms with Crippen molar-refractivity contribution in [3.63, 3.8) is 0 Å². The van der Waals surface area contributed by atoms with Gasteiger partial charge < -0.3 is 15.5 Å². The van der Waals surface area contributed by atoms with Crippen LogP contribution in [0, 0.1) is 34.5 Å². The van der Waals surface area contributed by atoms with Crippen LogP contribution < -0.4 is 10.7 Å². The Morgan fingerprint density at radius 2 is 2.00 bits per heavy atom. The first-order chi connectivity index (χ1) is 15.4. The number of hydrazone groups is 1. The molecule has 0 aromatic carbocycles. The summed E-state index contributed by atoms with van der Waals surface area (Å²) in [5, 5.41) is 30.1. The van der Waals surface area contributed by atoms with E-state index < -0.39 is 5.60 Å². The van der Waals surface area contributed by atoms with Gasteiger partial charge in [-0.2, -0.15) is 5.10 Å². The molecule has 6 nitrogen and oxygen atoms in total. The minimum absolute atomic E-state index is 0.0296. The molecule has 0 spiro atoms. The molecule has 0 aromatic heterocycles. The van der Waals surface area contributed by atoms with E-state index in [0.29, 0.717) is 29.1 Å². The van der Waals surface area contributed by atoms with Crippen molar-refractivity contribution in [2.45, 2.75) is 103 Å². The first-order valence-electron chi connectivity index (χ1n) is 13.3. The van der Waals surface area contributed by atoms with Gasteiger partial charge in [0.15, 0.2) is 0 Å². The maximum Gasteiger partial charge on any atom is 0.212 e. The molecule has 6 heteroatoms. The average molecular weight is 445 g/mol. The van der Waals surface area contributed by atoms with E-state index in [4.69, 9.17) is 0 Å². The Balaban J connectivity index is 1.23. The third kappa shape index (κ3) is 3.60. The molecule has 4 saturated carbocycles. The number of aliphatic hydroxyl groups is 2. The van der Waals surface area contributed by atoms with Crippen molar-refractivity contribution in [1.82, 2.24) is 10.7 Å². The van der Waals surface area contributed by atoms with Crippen molar-refractivity contribution >= 4 is 12.2 Å². The Labute approximate surface area is 193 Å². The van der Waals surface area contributed by atoms with E-state index in [-0.39, 0.29) is 11.5 Å². The molecule has 4 aliphatic carbocycles. The molecule has 0 saturated heterocycles. The van der Waals surface area contributed by atoms with E-state index in [2.05, 4.69) is 34.7 Å². The number of hydrogen-bond acceptors (Lipinski definition) is 6. The lowest BCUT2D eigenvalue weighted by Crippen LogP contribution is -2.62. The molecule has 3 unspecified atom stereocenters. The molecule has 1 aliphatic heterocycles. The number of guanidine groups is 1. The van der Waals surface area contributed by atoms with Crippen LogP contribution in [-0.4, -0.2) is 47.2 Å². The second-order valence-corrected chi connectivity index (χ2v) is 12.0. The minimum Gasteiger partial charge on any atom is -0.393 e. The molecule has 32 heavy (non-hydrogen) atoms. The van der Waals surface area contributed by atoms with Gasteiger partial charge in [-0.3, -0.25) is 4.99 Å². The zero-order valence-electron chi connectivity index (χ0n) is 20.2. The van der Waals surface area contributed by atoms with Crippen molar-refractivity contribution in [1.29, 1.82) is 0 Å². The summed E-state index contributed by atoms with van der Waals surface area (Å²) in [4.78, 5) is 4.39. The fourth-order valence-electron chi connectivity index (χ4n) is 8.83. The fourth-order valence-corrected chi connectivity index (χ4v) is 8.83. The van der Waals surface area contributed by atoms with Crippen molar-refractivity contribution < 1.29 is 10.2 Å². The summed E-state index contributed by atoms with van der Waals surface area (Å²) in [6.07, 6.45) is 14.9. The highest BCUT2D eigenvalue weighted by Crippen LogP contribution is 2.69. The van der Waals surface area contributed by atoms with Crippen LogP contribution in [0.2, 0.25) is 0 Å². The molecular weight excluding hydrogens is 400 g/mol. The van der Waals surface area contributed by atoms with Crippen molar-refractivity contribution in [3.8, 4) is 0 Å². The molecule has 0 aromatic rings. The smallest absolute Gasteiger partial charge is 0.212 e. The third-order valence-electron chi connectivity index (χ3n) is 10.8. The van der Waals surface area contributed by atoms with Gasteiger partial charge in [-0.1, -0.05) is 13.8 Å². The molecule has 0 radical (unpaired) electrons. The summed E-state index contributed by atoms with van der Waals surface area (Å²) in [5.41, 5.74) is 2.86. The number of hydrogen-bond donors (Lipinski definition) is 4. The predicted octanol–water partition coefficient (Wildman–Crippen LogP) is 3.83. The fraction of sp³-hybridized carbons (Fsp3) is 0.923. The van der Waals surface area contributed by atoms with Gasteiger partial charge in [0.2, 0.25) is 5.96 Å². The van der Waals surface area contributed by atoms with Crippen molar-refractivity contribution in [2.75, 3.05) is 13.1 Å². The lowest BCUT2D eigenvalue weighted by molar-refractivity contribution is -0.210. The monoisotopic (exact) mass is 444 g/mol. The number of fused-ring (bicyclic) bond motifs is 5. The third-order valence-corrected chi connectivity index (χ3v) is 10.8. The maximum atomic E-state index is 12.2. The summed E-state index contributed by atoms with van der Waals surface area (Å²) in [5.74, 6) is 3.06. The topological polar surface area (TPSA) is 89.2 Å². The highest BCUT2D eigenvalue weighted by Gasteiger charge is 2.66. The summed E-state index contributed by atoms with van der Waals surface area (Å²) in [7, 11) is 0. The maximum absolute atomic E-state index is 12.2. The molecule has 8 atom stereocenters. The van der Waals surface area contributed by atoms with Crippen LogP contribution in [0.4, 0.5) is 0 Å². The molecule has 4 fully saturated rings. The van der Waals surface area contributed by atoms with Gasteiger partial charge in [-0.25, -0.2) is 5.43 Å². The Morgan fingerprint density at radius 1 is 1.12 bits per heavy atom. The van der Waals surface area contributed by atoms with Gasteiger partial charge in [0.1, 0.15) is 0 Å². The van der Waals surface area contributed by atoms with Gasteiger partial charge in [0.05, 0.1) is 11.7 Å². The summed E-state index contributed by atoms with van der Waals surface area (Å²) >= 11 is 0. The standard InChI is InChI=1S/C26H44N4O2/c1-24-11-9-20(31)17-19(24)6-7-22-21(24)10-12-25(2)18(8-13-26(22,25)32)5-3-16-29-30-23-27-14-4-15-28-23/h16,18-22,31-32H,3-15,17H2,1-2H3,(H2,27,28,30)/b29-16-/t18?,19?,20?,21-,22-,24+,25-,26-/m1/s1. The highest BCUT2D eigenvalue weighted by atomic mass is 16.3. The predicted molar refractivity (Wildman–Crippen MR) is 128 cm³/mol. The second kappa shape index (κ2) is 8.57. The zero-order chi connectivity index (χ0) is 22.4. The van der Waals surface area contributed by atoms with E-state index >= 15 is 0 Å². The van der Waals surface area contributed by atoms with Gasteiger partial charge in [-0.15, -0.1) is 0 Å². The number of rotatable bonds is 4. The Morgan fingerprint density at radius 3 is 2.81 bits per heavy atom. The quantitative estimate of drug-likeness (QED) is 0.392. The molecule has 180 valence electrons. The summed E-state index contributed by atoms with van der Waals surface area (Å²) < 4.78 is 0. The van der Waals surface area contributed by atoms with Crippen LogP contribution in [0.1, 0.15) is 90.9 Å². The average Bonchev–Trinajstić information content (AvgIpc) is 3.06. The highest BCUT2D eigenvalue weighted by molar-refractivity contribution is 5.80. The van der Waals surface area contributed by atoms with Gasteiger partial charge in [-0.05, 0) is 112 Å². The lowest BCUT2D eigenvalue weighted by Gasteiger charge is -2.63. The van der Waals surface area contributed by atoms with Crippen molar-refractivity contribution in [2.24, 2.45) is 44.6 Å². The van der Waals surface area contributed by atoms with Crippen LogP contribution in [-0.2, 0) is 0 Å². The second-order valence-electron chi connectivity index (χ2n) is 12.0. The Bertz CT molecular complexity index is 756. The van der Waals surface area contributed by atoms with Crippen LogP contribution in [0.5, 0.6) is 0 Å². The minimum atomic E-state index is -0.513. The van der Waals surface area contributed by atoms with E-state index in [0.717, 1.165) is 83.3 Å². The Hall–Kier alpha value is -1.14. The molecule has 5 aliphatic rings. The van der Waals surface area contributed by atoms with E-state index in [9.17, 15) is 10.2 Å². The van der Waals surface area contributed by atoms with Crippen LogP contribution in [0.25, 0.3) is 0 Å². The first kappa shape index (κ1) is 22.6.